The Bertz CT molecular complexity index is 680. The van der Waals surface area contributed by atoms with Gasteiger partial charge in [0.05, 0.1) is 5.56 Å². The lowest BCUT2D eigenvalue weighted by Gasteiger charge is -2.16. The fourth-order valence-corrected chi connectivity index (χ4v) is 2.30. The van der Waals surface area contributed by atoms with Gasteiger partial charge in [0.25, 0.3) is 0 Å². The first-order valence-corrected chi connectivity index (χ1v) is 7.18. The van der Waals surface area contributed by atoms with Crippen molar-refractivity contribution in [2.45, 2.75) is 26.7 Å². The van der Waals surface area contributed by atoms with Crippen molar-refractivity contribution in [3.8, 4) is 11.5 Å². The molecule has 0 unspecified atom stereocenters. The summed E-state index contributed by atoms with van der Waals surface area (Å²) in [5, 5.41) is 8.19. The van der Waals surface area contributed by atoms with Crippen molar-refractivity contribution in [3.63, 3.8) is 0 Å². The van der Waals surface area contributed by atoms with Gasteiger partial charge in [0, 0.05) is 5.02 Å². The molecule has 0 bridgehead atoms. The molecule has 2 aromatic carbocycles. The van der Waals surface area contributed by atoms with Crippen molar-refractivity contribution >= 4 is 17.4 Å². The molecule has 0 amide bonds. The molecule has 0 atom stereocenters. The van der Waals surface area contributed by atoms with Crippen LogP contribution in [0.25, 0.3) is 0 Å². The van der Waals surface area contributed by atoms with Crippen molar-refractivity contribution in [1.29, 1.82) is 5.41 Å². The molecule has 3 N–H and O–H groups in total. The van der Waals surface area contributed by atoms with Gasteiger partial charge in [-0.05, 0) is 48.2 Å². The largest absolute Gasteiger partial charge is 0.456 e. The average molecular weight is 303 g/mol. The van der Waals surface area contributed by atoms with Crippen LogP contribution < -0.4 is 10.5 Å². The van der Waals surface area contributed by atoms with Gasteiger partial charge in [0.15, 0.2) is 0 Å². The highest BCUT2D eigenvalue weighted by molar-refractivity contribution is 6.31. The fraction of sp³-hybridized carbons (Fsp3) is 0.235. The van der Waals surface area contributed by atoms with Crippen molar-refractivity contribution in [2.75, 3.05) is 0 Å². The summed E-state index contributed by atoms with van der Waals surface area (Å²) >= 11 is 5.96. The minimum Gasteiger partial charge on any atom is -0.456 e. The van der Waals surface area contributed by atoms with Gasteiger partial charge in [0.2, 0.25) is 0 Å². The highest BCUT2D eigenvalue weighted by atomic mass is 35.5. The molecule has 0 saturated carbocycles. The van der Waals surface area contributed by atoms with Crippen LogP contribution in [0.5, 0.6) is 11.5 Å². The number of aryl methyl sites for hydroxylation is 1. The monoisotopic (exact) mass is 302 g/mol. The van der Waals surface area contributed by atoms with Crippen LogP contribution in [0.15, 0.2) is 36.4 Å². The van der Waals surface area contributed by atoms with E-state index in [2.05, 4.69) is 26.0 Å². The number of nitrogens with two attached hydrogens (primary N) is 1. The lowest BCUT2D eigenvalue weighted by molar-refractivity contribution is 0.471. The number of halogens is 1. The summed E-state index contributed by atoms with van der Waals surface area (Å²) in [7, 11) is 0. The van der Waals surface area contributed by atoms with Gasteiger partial charge in [-0.2, -0.15) is 0 Å². The summed E-state index contributed by atoms with van der Waals surface area (Å²) < 4.78 is 6.02. The molecule has 2 rings (SSSR count). The lowest BCUT2D eigenvalue weighted by atomic mass is 10.0. The van der Waals surface area contributed by atoms with Gasteiger partial charge < -0.3 is 10.5 Å². The first kappa shape index (κ1) is 15.4. The standard InChI is InChI=1S/C17H19ClN2O/c1-10(2)13-6-4-11(3)8-16(13)21-15-7-5-12(18)9-14(15)17(19)20/h4-10H,1-3H3,(H3,19,20). The molecule has 0 aromatic heterocycles. The SMILES string of the molecule is Cc1ccc(C(C)C)c(Oc2ccc(Cl)cc2C(=N)N)c1. The van der Waals surface area contributed by atoms with Crippen molar-refractivity contribution in [3.05, 3.63) is 58.1 Å². The number of benzene rings is 2. The second-order valence-corrected chi connectivity index (χ2v) is 5.79. The third-order valence-corrected chi connectivity index (χ3v) is 3.48. The Morgan fingerprint density at radius 3 is 2.48 bits per heavy atom. The van der Waals surface area contributed by atoms with E-state index in [1.165, 1.54) is 0 Å². The van der Waals surface area contributed by atoms with E-state index in [0.717, 1.165) is 16.9 Å². The summed E-state index contributed by atoms with van der Waals surface area (Å²) in [4.78, 5) is 0. The van der Waals surface area contributed by atoms with Gasteiger partial charge >= 0.3 is 0 Å². The quantitative estimate of drug-likeness (QED) is 0.626. The van der Waals surface area contributed by atoms with E-state index in [1.54, 1.807) is 18.2 Å². The molecule has 21 heavy (non-hydrogen) atoms. The van der Waals surface area contributed by atoms with Crippen LogP contribution in [0.4, 0.5) is 0 Å². The van der Waals surface area contributed by atoms with Crippen LogP contribution in [-0.2, 0) is 0 Å². The molecule has 0 spiro atoms. The van der Waals surface area contributed by atoms with Crippen molar-refractivity contribution in [2.24, 2.45) is 5.73 Å². The van der Waals surface area contributed by atoms with Crippen LogP contribution in [0.2, 0.25) is 5.02 Å². The van der Waals surface area contributed by atoms with Gasteiger partial charge in [-0.3, -0.25) is 5.41 Å². The molecule has 0 aliphatic rings. The zero-order chi connectivity index (χ0) is 15.6. The van der Waals surface area contributed by atoms with E-state index in [-0.39, 0.29) is 5.84 Å². The van der Waals surface area contributed by atoms with Crippen molar-refractivity contribution in [1.82, 2.24) is 0 Å². The topological polar surface area (TPSA) is 59.1 Å². The van der Waals surface area contributed by atoms with E-state index in [1.807, 2.05) is 13.0 Å². The molecule has 4 heteroatoms. The Morgan fingerprint density at radius 2 is 1.86 bits per heavy atom. The average Bonchev–Trinajstić information content (AvgIpc) is 2.40. The molecule has 0 radical (unpaired) electrons. The number of hydrogen-bond donors (Lipinski definition) is 2. The fourth-order valence-electron chi connectivity index (χ4n) is 2.13. The van der Waals surface area contributed by atoms with E-state index in [0.29, 0.717) is 22.3 Å². The molecule has 2 aromatic rings. The maximum absolute atomic E-state index is 7.66. The van der Waals surface area contributed by atoms with Crippen molar-refractivity contribution < 1.29 is 4.74 Å². The number of rotatable bonds is 4. The molecule has 0 heterocycles. The molecular formula is C17H19ClN2O. The van der Waals surface area contributed by atoms with E-state index < -0.39 is 0 Å². The number of ether oxygens (including phenoxy) is 1. The number of nitrogens with one attached hydrogen (secondary N) is 1. The lowest BCUT2D eigenvalue weighted by Crippen LogP contribution is -2.12. The zero-order valence-corrected chi connectivity index (χ0v) is 13.2. The maximum atomic E-state index is 7.66. The summed E-state index contributed by atoms with van der Waals surface area (Å²) in [5.74, 6) is 1.61. The predicted octanol–water partition coefficient (Wildman–Crippen LogP) is 4.85. The van der Waals surface area contributed by atoms with Crippen LogP contribution in [0.1, 0.15) is 36.5 Å². The van der Waals surface area contributed by atoms with Crippen LogP contribution in [0, 0.1) is 12.3 Å². The minimum absolute atomic E-state index is 0.0637. The van der Waals surface area contributed by atoms with Gasteiger partial charge in [0.1, 0.15) is 17.3 Å². The number of hydrogen-bond acceptors (Lipinski definition) is 2. The minimum atomic E-state index is -0.0637. The molecule has 0 aliphatic carbocycles. The first-order valence-electron chi connectivity index (χ1n) is 6.81. The highest BCUT2D eigenvalue weighted by Crippen LogP contribution is 2.33. The summed E-state index contributed by atoms with van der Waals surface area (Å²) in [6.45, 7) is 6.25. The molecule has 3 nitrogen and oxygen atoms in total. The first-order chi connectivity index (χ1) is 9.88. The third kappa shape index (κ3) is 3.56. The Kier molecular flexibility index (Phi) is 4.53. The van der Waals surface area contributed by atoms with E-state index in [9.17, 15) is 0 Å². The number of amidine groups is 1. The van der Waals surface area contributed by atoms with Gasteiger partial charge in [-0.25, -0.2) is 0 Å². The Labute approximate surface area is 130 Å². The second-order valence-electron chi connectivity index (χ2n) is 5.35. The maximum Gasteiger partial charge on any atom is 0.138 e. The second kappa shape index (κ2) is 6.19. The number of nitrogen functional groups attached to an aromatic ring is 1. The van der Waals surface area contributed by atoms with Crippen LogP contribution in [-0.4, -0.2) is 5.84 Å². The summed E-state index contributed by atoms with van der Waals surface area (Å²) in [5.41, 5.74) is 8.34. The van der Waals surface area contributed by atoms with E-state index >= 15 is 0 Å². The predicted molar refractivity (Wildman–Crippen MR) is 87.8 cm³/mol. The molecular weight excluding hydrogens is 284 g/mol. The Balaban J connectivity index is 2.47. The van der Waals surface area contributed by atoms with Gasteiger partial charge in [-0.1, -0.05) is 37.6 Å². The van der Waals surface area contributed by atoms with Crippen LogP contribution in [0.3, 0.4) is 0 Å². The van der Waals surface area contributed by atoms with Gasteiger partial charge in [-0.15, -0.1) is 0 Å². The Morgan fingerprint density at radius 1 is 1.14 bits per heavy atom. The molecule has 110 valence electrons. The molecule has 0 saturated heterocycles. The van der Waals surface area contributed by atoms with E-state index in [4.69, 9.17) is 27.5 Å². The van der Waals surface area contributed by atoms with Crippen LogP contribution >= 0.6 is 11.6 Å². The normalized spacial score (nSPS) is 10.7. The Hall–Kier alpha value is -2.00. The highest BCUT2D eigenvalue weighted by Gasteiger charge is 2.13. The third-order valence-electron chi connectivity index (χ3n) is 3.24. The molecule has 0 aliphatic heterocycles. The summed E-state index contributed by atoms with van der Waals surface area (Å²) in [6, 6.07) is 11.2. The zero-order valence-electron chi connectivity index (χ0n) is 12.4. The smallest absolute Gasteiger partial charge is 0.138 e. The summed E-state index contributed by atoms with van der Waals surface area (Å²) in [6.07, 6.45) is 0. The molecule has 0 fully saturated rings.